The van der Waals surface area contributed by atoms with E-state index in [4.69, 9.17) is 4.74 Å². The number of hydrogen-bond acceptors (Lipinski definition) is 3. The van der Waals surface area contributed by atoms with Crippen molar-refractivity contribution in [1.82, 2.24) is 10.2 Å². The first-order valence-electron chi connectivity index (χ1n) is 10.4. The third-order valence-electron chi connectivity index (χ3n) is 5.82. The molecule has 0 aliphatic carbocycles. The van der Waals surface area contributed by atoms with Crippen LogP contribution < -0.4 is 5.32 Å². The average molecular weight is 359 g/mol. The molecule has 2 aliphatic rings. The zero-order valence-electron chi connectivity index (χ0n) is 16.0. The molecule has 2 aliphatic heterocycles. The summed E-state index contributed by atoms with van der Waals surface area (Å²) in [5.74, 6) is 0.916. The molecule has 144 valence electrons. The number of carbonyl (C=O) groups is 1. The summed E-state index contributed by atoms with van der Waals surface area (Å²) in [6, 6.07) is 10.8. The first-order chi connectivity index (χ1) is 12.8. The summed E-state index contributed by atoms with van der Waals surface area (Å²) in [6.07, 6.45) is 9.06. The Morgan fingerprint density at radius 1 is 1.15 bits per heavy atom. The number of piperidine rings is 1. The van der Waals surface area contributed by atoms with Gasteiger partial charge in [-0.05, 0) is 76.1 Å². The van der Waals surface area contributed by atoms with E-state index in [0.29, 0.717) is 18.9 Å². The van der Waals surface area contributed by atoms with Crippen molar-refractivity contribution in [2.24, 2.45) is 5.92 Å². The summed E-state index contributed by atoms with van der Waals surface area (Å²) in [7, 11) is 0. The number of hydrogen-bond donors (Lipinski definition) is 1. The third kappa shape index (κ3) is 6.73. The number of benzene rings is 1. The van der Waals surface area contributed by atoms with Crippen LogP contribution in [-0.2, 0) is 16.0 Å². The van der Waals surface area contributed by atoms with Crippen molar-refractivity contribution < 1.29 is 9.53 Å². The van der Waals surface area contributed by atoms with Crippen LogP contribution in [0.15, 0.2) is 30.3 Å². The van der Waals surface area contributed by atoms with Crippen molar-refractivity contribution in [2.45, 2.75) is 57.5 Å². The van der Waals surface area contributed by atoms with Gasteiger partial charge in [0.15, 0.2) is 0 Å². The van der Waals surface area contributed by atoms with E-state index in [9.17, 15) is 4.79 Å². The number of likely N-dealkylation sites (tertiary alicyclic amines) is 1. The summed E-state index contributed by atoms with van der Waals surface area (Å²) in [5.41, 5.74) is 1.44. The van der Waals surface area contributed by atoms with Gasteiger partial charge in [0.05, 0.1) is 6.10 Å². The van der Waals surface area contributed by atoms with E-state index in [0.717, 1.165) is 25.9 Å². The van der Waals surface area contributed by atoms with E-state index in [1.807, 2.05) is 0 Å². The summed E-state index contributed by atoms with van der Waals surface area (Å²) in [6.45, 7) is 5.13. The SMILES string of the molecule is O=C(CCC1CCN(CCCc2ccccc2)CC1)NC[C@@H]1CCCO1. The highest BCUT2D eigenvalue weighted by atomic mass is 16.5. The van der Waals surface area contributed by atoms with Gasteiger partial charge in [-0.25, -0.2) is 0 Å². The maximum absolute atomic E-state index is 12.0. The predicted octanol–water partition coefficient (Wildman–Crippen LogP) is 3.41. The summed E-state index contributed by atoms with van der Waals surface area (Å²) >= 11 is 0. The number of amides is 1. The molecule has 1 N–H and O–H groups in total. The molecule has 0 radical (unpaired) electrons. The molecule has 0 unspecified atom stereocenters. The second-order valence-electron chi connectivity index (χ2n) is 7.85. The molecule has 26 heavy (non-hydrogen) atoms. The van der Waals surface area contributed by atoms with Crippen LogP contribution in [-0.4, -0.2) is 49.7 Å². The van der Waals surface area contributed by atoms with Crippen LogP contribution in [0.2, 0.25) is 0 Å². The van der Waals surface area contributed by atoms with Crippen LogP contribution in [0.4, 0.5) is 0 Å². The smallest absolute Gasteiger partial charge is 0.220 e. The van der Waals surface area contributed by atoms with E-state index >= 15 is 0 Å². The van der Waals surface area contributed by atoms with Crippen molar-refractivity contribution in [3.63, 3.8) is 0 Å². The Morgan fingerprint density at radius 2 is 1.96 bits per heavy atom. The van der Waals surface area contributed by atoms with Crippen molar-refractivity contribution in [1.29, 1.82) is 0 Å². The highest BCUT2D eigenvalue weighted by Crippen LogP contribution is 2.22. The fraction of sp³-hybridized carbons (Fsp3) is 0.682. The Balaban J connectivity index is 1.22. The zero-order valence-corrected chi connectivity index (χ0v) is 16.0. The molecule has 2 fully saturated rings. The maximum Gasteiger partial charge on any atom is 0.220 e. The fourth-order valence-corrected chi connectivity index (χ4v) is 4.11. The van der Waals surface area contributed by atoms with Crippen LogP contribution in [0.3, 0.4) is 0 Å². The van der Waals surface area contributed by atoms with Crippen LogP contribution in [0.1, 0.15) is 50.5 Å². The van der Waals surface area contributed by atoms with Gasteiger partial charge in [-0.2, -0.15) is 0 Å². The fourth-order valence-electron chi connectivity index (χ4n) is 4.11. The van der Waals surface area contributed by atoms with E-state index in [2.05, 4.69) is 40.5 Å². The second-order valence-corrected chi connectivity index (χ2v) is 7.85. The lowest BCUT2D eigenvalue weighted by atomic mass is 9.92. The van der Waals surface area contributed by atoms with Crippen LogP contribution >= 0.6 is 0 Å². The van der Waals surface area contributed by atoms with Crippen LogP contribution in [0, 0.1) is 5.92 Å². The molecule has 0 aromatic heterocycles. The molecular formula is C22H34N2O2. The molecule has 1 aromatic carbocycles. The second kappa shape index (κ2) is 10.7. The molecule has 3 rings (SSSR count). The Morgan fingerprint density at radius 3 is 2.69 bits per heavy atom. The van der Waals surface area contributed by atoms with Gasteiger partial charge in [0.25, 0.3) is 0 Å². The maximum atomic E-state index is 12.0. The predicted molar refractivity (Wildman–Crippen MR) is 105 cm³/mol. The number of aryl methyl sites for hydroxylation is 1. The van der Waals surface area contributed by atoms with Gasteiger partial charge in [0.2, 0.25) is 5.91 Å². The number of carbonyl (C=O) groups excluding carboxylic acids is 1. The first kappa shape index (κ1) is 19.4. The Hall–Kier alpha value is -1.39. The molecule has 2 saturated heterocycles. The first-order valence-corrected chi connectivity index (χ1v) is 10.4. The molecule has 1 amide bonds. The van der Waals surface area contributed by atoms with Crippen LogP contribution in [0.5, 0.6) is 0 Å². The largest absolute Gasteiger partial charge is 0.376 e. The van der Waals surface area contributed by atoms with Gasteiger partial charge in [-0.3, -0.25) is 4.79 Å². The van der Waals surface area contributed by atoms with Crippen molar-refractivity contribution >= 4 is 5.91 Å². The number of rotatable bonds is 9. The van der Waals surface area contributed by atoms with Crippen LogP contribution in [0.25, 0.3) is 0 Å². The molecule has 0 bridgehead atoms. The highest BCUT2D eigenvalue weighted by Gasteiger charge is 2.20. The summed E-state index contributed by atoms with van der Waals surface area (Å²) in [5, 5.41) is 3.04. The third-order valence-corrected chi connectivity index (χ3v) is 5.82. The minimum atomic E-state index is 0.200. The standard InChI is InChI=1S/C22H34N2O2/c25-22(23-18-21-9-5-17-26-21)11-10-20-12-15-24(16-13-20)14-4-8-19-6-2-1-3-7-19/h1-3,6-7,20-21H,4-5,8-18H2,(H,23,25)/t21-/m0/s1. The Labute approximate surface area is 158 Å². The number of nitrogens with zero attached hydrogens (tertiary/aromatic N) is 1. The van der Waals surface area contributed by atoms with Crippen molar-refractivity contribution in [3.05, 3.63) is 35.9 Å². The van der Waals surface area contributed by atoms with Gasteiger partial charge in [-0.15, -0.1) is 0 Å². The Kier molecular flexibility index (Phi) is 7.96. The molecule has 0 spiro atoms. The quantitative estimate of drug-likeness (QED) is 0.735. The van der Waals surface area contributed by atoms with Gasteiger partial charge in [0, 0.05) is 19.6 Å². The molecule has 4 nitrogen and oxygen atoms in total. The topological polar surface area (TPSA) is 41.6 Å². The molecule has 0 saturated carbocycles. The summed E-state index contributed by atoms with van der Waals surface area (Å²) < 4.78 is 5.55. The minimum Gasteiger partial charge on any atom is -0.376 e. The normalized spacial score (nSPS) is 21.8. The molecule has 4 heteroatoms. The molecule has 1 aromatic rings. The summed E-state index contributed by atoms with van der Waals surface area (Å²) in [4.78, 5) is 14.6. The minimum absolute atomic E-state index is 0.200. The number of nitrogens with one attached hydrogen (secondary N) is 1. The number of ether oxygens (including phenoxy) is 1. The molecule has 1 atom stereocenters. The monoisotopic (exact) mass is 358 g/mol. The van der Waals surface area contributed by atoms with Gasteiger partial charge < -0.3 is 15.0 Å². The Bertz CT molecular complexity index is 520. The van der Waals surface area contributed by atoms with Gasteiger partial charge >= 0.3 is 0 Å². The van der Waals surface area contributed by atoms with Crippen molar-refractivity contribution in [3.8, 4) is 0 Å². The lowest BCUT2D eigenvalue weighted by molar-refractivity contribution is -0.122. The lowest BCUT2D eigenvalue weighted by Crippen LogP contribution is -2.35. The van der Waals surface area contributed by atoms with Gasteiger partial charge in [-0.1, -0.05) is 30.3 Å². The van der Waals surface area contributed by atoms with Gasteiger partial charge in [0.1, 0.15) is 0 Å². The van der Waals surface area contributed by atoms with E-state index in [1.54, 1.807) is 0 Å². The lowest BCUT2D eigenvalue weighted by Gasteiger charge is -2.32. The van der Waals surface area contributed by atoms with E-state index in [1.165, 1.54) is 50.9 Å². The van der Waals surface area contributed by atoms with E-state index in [-0.39, 0.29) is 12.0 Å². The van der Waals surface area contributed by atoms with Crippen molar-refractivity contribution in [2.75, 3.05) is 32.8 Å². The molecule has 2 heterocycles. The highest BCUT2D eigenvalue weighted by molar-refractivity contribution is 5.75. The zero-order chi connectivity index (χ0) is 18.0. The molecular weight excluding hydrogens is 324 g/mol. The van der Waals surface area contributed by atoms with E-state index < -0.39 is 0 Å². The average Bonchev–Trinajstić information content (AvgIpc) is 3.20.